The van der Waals surface area contributed by atoms with Crippen LogP contribution in [-0.2, 0) is 0 Å². The first-order valence-corrected chi connectivity index (χ1v) is 5.63. The van der Waals surface area contributed by atoms with Crippen LogP contribution in [0.25, 0.3) is 16.0 Å². The van der Waals surface area contributed by atoms with Crippen LogP contribution in [0.1, 0.15) is 5.76 Å². The van der Waals surface area contributed by atoms with Crippen LogP contribution < -0.4 is 4.74 Å². The standard InChI is InChI=1S/C14H10ClNO2/c1-17-12-7-4-5-10-9-13(18-14(10)12)11(15)6-2-3-8-16/h2-7,9H,1H3. The topological polar surface area (TPSA) is 46.2 Å². The maximum atomic E-state index is 8.38. The van der Waals surface area contributed by atoms with E-state index in [0.717, 1.165) is 5.39 Å². The van der Waals surface area contributed by atoms with E-state index in [-0.39, 0.29) is 0 Å². The summed E-state index contributed by atoms with van der Waals surface area (Å²) in [6.07, 6.45) is 4.51. The number of para-hydroxylation sites is 1. The maximum absolute atomic E-state index is 8.38. The molecule has 2 aromatic rings. The van der Waals surface area contributed by atoms with Crippen LogP contribution in [0.3, 0.4) is 0 Å². The lowest BCUT2D eigenvalue weighted by Crippen LogP contribution is -1.81. The number of rotatable bonds is 3. The molecule has 1 aromatic carbocycles. The van der Waals surface area contributed by atoms with Gasteiger partial charge in [0.25, 0.3) is 0 Å². The van der Waals surface area contributed by atoms with Gasteiger partial charge in [-0.15, -0.1) is 0 Å². The van der Waals surface area contributed by atoms with E-state index >= 15 is 0 Å². The van der Waals surface area contributed by atoms with Gasteiger partial charge in [0.15, 0.2) is 11.3 Å². The summed E-state index contributed by atoms with van der Waals surface area (Å²) in [6.45, 7) is 0. The minimum Gasteiger partial charge on any atom is -0.493 e. The second-order valence-electron chi connectivity index (χ2n) is 3.49. The summed E-state index contributed by atoms with van der Waals surface area (Å²) in [5.74, 6) is 1.20. The monoisotopic (exact) mass is 259 g/mol. The fourth-order valence-corrected chi connectivity index (χ4v) is 1.74. The first-order chi connectivity index (χ1) is 8.76. The number of allylic oxidation sites excluding steroid dienone is 3. The van der Waals surface area contributed by atoms with E-state index in [1.165, 1.54) is 6.08 Å². The van der Waals surface area contributed by atoms with Crippen LogP contribution in [0, 0.1) is 11.3 Å². The number of hydrogen-bond donors (Lipinski definition) is 0. The van der Waals surface area contributed by atoms with Crippen molar-refractivity contribution in [3.05, 3.63) is 48.3 Å². The summed E-state index contributed by atoms with van der Waals surface area (Å²) in [4.78, 5) is 0. The van der Waals surface area contributed by atoms with Gasteiger partial charge in [0, 0.05) is 11.5 Å². The number of methoxy groups -OCH3 is 1. The van der Waals surface area contributed by atoms with E-state index in [1.807, 2.05) is 30.3 Å². The summed E-state index contributed by atoms with van der Waals surface area (Å²) in [5, 5.41) is 9.73. The largest absolute Gasteiger partial charge is 0.493 e. The SMILES string of the molecule is COc1cccc2cc(C(Cl)=CC=CC#N)oc12. The van der Waals surface area contributed by atoms with Gasteiger partial charge in [-0.25, -0.2) is 0 Å². The Bertz CT molecular complexity index is 662. The zero-order valence-corrected chi connectivity index (χ0v) is 10.4. The summed E-state index contributed by atoms with van der Waals surface area (Å²) in [6, 6.07) is 9.34. The van der Waals surface area contributed by atoms with Crippen molar-refractivity contribution in [1.29, 1.82) is 5.26 Å². The van der Waals surface area contributed by atoms with Crippen LogP contribution in [0.15, 0.2) is 46.9 Å². The van der Waals surface area contributed by atoms with Crippen LogP contribution in [0.5, 0.6) is 5.75 Å². The Morgan fingerprint density at radius 3 is 3.06 bits per heavy atom. The molecule has 1 heterocycles. The Morgan fingerprint density at radius 1 is 1.50 bits per heavy atom. The van der Waals surface area contributed by atoms with E-state index in [1.54, 1.807) is 19.3 Å². The van der Waals surface area contributed by atoms with E-state index in [0.29, 0.717) is 22.1 Å². The number of fused-ring (bicyclic) bond motifs is 1. The lowest BCUT2D eigenvalue weighted by Gasteiger charge is -1.98. The molecule has 4 heteroatoms. The molecule has 0 saturated carbocycles. The normalized spacial score (nSPS) is 11.9. The van der Waals surface area contributed by atoms with Crippen molar-refractivity contribution in [1.82, 2.24) is 0 Å². The number of ether oxygens (including phenoxy) is 1. The summed E-state index contributed by atoms with van der Waals surface area (Å²) in [5.41, 5.74) is 0.658. The zero-order valence-electron chi connectivity index (χ0n) is 9.68. The molecule has 0 aliphatic rings. The zero-order chi connectivity index (χ0) is 13.0. The van der Waals surface area contributed by atoms with Crippen LogP contribution in [0.2, 0.25) is 0 Å². The van der Waals surface area contributed by atoms with Crippen molar-refractivity contribution in [2.45, 2.75) is 0 Å². The number of nitrogens with zero attached hydrogens (tertiary/aromatic N) is 1. The molecule has 0 amide bonds. The van der Waals surface area contributed by atoms with Gasteiger partial charge in [-0.05, 0) is 18.2 Å². The predicted molar refractivity (Wildman–Crippen MR) is 71.3 cm³/mol. The Kier molecular flexibility index (Phi) is 3.71. The lowest BCUT2D eigenvalue weighted by atomic mass is 10.2. The van der Waals surface area contributed by atoms with Gasteiger partial charge in [-0.2, -0.15) is 5.26 Å². The third-order valence-corrected chi connectivity index (χ3v) is 2.69. The number of halogens is 1. The number of hydrogen-bond acceptors (Lipinski definition) is 3. The van der Waals surface area contributed by atoms with Crippen LogP contribution >= 0.6 is 11.6 Å². The third-order valence-electron chi connectivity index (χ3n) is 2.38. The molecule has 0 unspecified atom stereocenters. The number of benzene rings is 1. The molecule has 3 nitrogen and oxygen atoms in total. The molecule has 90 valence electrons. The van der Waals surface area contributed by atoms with Gasteiger partial charge in [-0.3, -0.25) is 0 Å². The van der Waals surface area contributed by atoms with Gasteiger partial charge < -0.3 is 9.15 Å². The van der Waals surface area contributed by atoms with Gasteiger partial charge in [0.2, 0.25) is 0 Å². The highest BCUT2D eigenvalue weighted by Crippen LogP contribution is 2.32. The van der Waals surface area contributed by atoms with Crippen molar-refractivity contribution >= 4 is 27.6 Å². The molecule has 0 spiro atoms. The van der Waals surface area contributed by atoms with E-state index in [9.17, 15) is 0 Å². The first-order valence-electron chi connectivity index (χ1n) is 5.25. The molecule has 0 atom stereocenters. The van der Waals surface area contributed by atoms with Crippen molar-refractivity contribution in [2.24, 2.45) is 0 Å². The number of furan rings is 1. The fraction of sp³-hybridized carbons (Fsp3) is 0.0714. The highest BCUT2D eigenvalue weighted by atomic mass is 35.5. The first kappa shape index (κ1) is 12.3. The molecule has 2 rings (SSSR count). The van der Waals surface area contributed by atoms with Crippen LogP contribution in [0.4, 0.5) is 0 Å². The molecule has 0 saturated heterocycles. The second-order valence-corrected chi connectivity index (χ2v) is 3.90. The average molecular weight is 260 g/mol. The van der Waals surface area contributed by atoms with Gasteiger partial charge >= 0.3 is 0 Å². The highest BCUT2D eigenvalue weighted by Gasteiger charge is 2.10. The Morgan fingerprint density at radius 2 is 2.33 bits per heavy atom. The predicted octanol–water partition coefficient (Wildman–Crippen LogP) is 4.10. The van der Waals surface area contributed by atoms with Gasteiger partial charge in [-0.1, -0.05) is 29.8 Å². The summed E-state index contributed by atoms with van der Waals surface area (Å²) < 4.78 is 10.8. The molecule has 18 heavy (non-hydrogen) atoms. The lowest BCUT2D eigenvalue weighted by molar-refractivity contribution is 0.410. The number of nitriles is 1. The quantitative estimate of drug-likeness (QED) is 0.616. The fourth-order valence-electron chi connectivity index (χ4n) is 1.57. The van der Waals surface area contributed by atoms with Gasteiger partial charge in [0.1, 0.15) is 5.76 Å². The van der Waals surface area contributed by atoms with Crippen molar-refractivity contribution < 1.29 is 9.15 Å². The highest BCUT2D eigenvalue weighted by molar-refractivity contribution is 6.48. The third kappa shape index (κ3) is 2.39. The molecule has 0 N–H and O–H groups in total. The van der Waals surface area contributed by atoms with E-state index < -0.39 is 0 Å². The Hall–Kier alpha value is -2.18. The molecule has 0 aliphatic carbocycles. The van der Waals surface area contributed by atoms with Crippen LogP contribution in [-0.4, -0.2) is 7.11 Å². The molecule has 0 bridgehead atoms. The average Bonchev–Trinajstić information content (AvgIpc) is 2.82. The molecule has 0 radical (unpaired) electrons. The molecule has 0 aliphatic heterocycles. The summed E-state index contributed by atoms with van der Waals surface area (Å²) in [7, 11) is 1.59. The maximum Gasteiger partial charge on any atom is 0.176 e. The molecular formula is C14H10ClNO2. The smallest absolute Gasteiger partial charge is 0.176 e. The van der Waals surface area contributed by atoms with Crippen molar-refractivity contribution in [2.75, 3.05) is 7.11 Å². The molecule has 1 aromatic heterocycles. The Balaban J connectivity index is 2.45. The molecular weight excluding hydrogens is 250 g/mol. The minimum atomic E-state index is 0.430. The molecule has 0 fully saturated rings. The summed E-state index contributed by atoms with van der Waals surface area (Å²) >= 11 is 6.07. The van der Waals surface area contributed by atoms with E-state index in [4.69, 9.17) is 26.0 Å². The van der Waals surface area contributed by atoms with Gasteiger partial charge in [0.05, 0.1) is 18.2 Å². The van der Waals surface area contributed by atoms with Crippen molar-refractivity contribution in [3.8, 4) is 11.8 Å². The minimum absolute atomic E-state index is 0.430. The Labute approximate surface area is 110 Å². The van der Waals surface area contributed by atoms with E-state index in [2.05, 4.69) is 0 Å². The van der Waals surface area contributed by atoms with Crippen molar-refractivity contribution in [3.63, 3.8) is 0 Å². The second kappa shape index (κ2) is 5.44.